The number of hydrogen-bond donors (Lipinski definition) is 1. The number of halogens is 3. The van der Waals surface area contributed by atoms with Crippen LogP contribution in [0.5, 0.6) is 0 Å². The molecular formula is C15H19ClF2N2OS. The highest BCUT2D eigenvalue weighted by Gasteiger charge is 2.37. The van der Waals surface area contributed by atoms with Crippen molar-refractivity contribution in [3.63, 3.8) is 0 Å². The fraction of sp³-hybridized carbons (Fsp3) is 0.533. The van der Waals surface area contributed by atoms with E-state index >= 15 is 0 Å². The maximum atomic E-state index is 13.2. The highest BCUT2D eigenvalue weighted by atomic mass is 35.5. The number of thioether (sulfide) groups is 1. The van der Waals surface area contributed by atoms with E-state index in [1.54, 1.807) is 0 Å². The smallest absolute Gasteiger partial charge is 0.233 e. The number of amides is 1. The number of hydrogen-bond acceptors (Lipinski definition) is 3. The zero-order valence-corrected chi connectivity index (χ0v) is 13.7. The molecule has 2 aliphatic heterocycles. The maximum Gasteiger partial charge on any atom is 0.233 e. The molecule has 0 spiro atoms. The average molecular weight is 349 g/mol. The molecule has 2 atom stereocenters. The molecule has 1 aromatic rings. The van der Waals surface area contributed by atoms with Crippen molar-refractivity contribution in [3.05, 3.63) is 29.8 Å². The number of fused-ring (bicyclic) bond motifs is 2. The van der Waals surface area contributed by atoms with Gasteiger partial charge in [-0.25, -0.2) is 8.78 Å². The molecular weight excluding hydrogens is 330 g/mol. The number of carbonyl (C=O) groups is 1. The third-order valence-corrected chi connectivity index (χ3v) is 5.17. The van der Waals surface area contributed by atoms with Gasteiger partial charge in [0.05, 0.1) is 5.75 Å². The lowest BCUT2D eigenvalue weighted by Crippen LogP contribution is -2.43. The summed E-state index contributed by atoms with van der Waals surface area (Å²) in [7, 11) is 0. The van der Waals surface area contributed by atoms with Gasteiger partial charge >= 0.3 is 0 Å². The Hall–Kier alpha value is -0.850. The van der Waals surface area contributed by atoms with Crippen LogP contribution in [0, 0.1) is 11.6 Å². The Morgan fingerprint density at radius 2 is 2.00 bits per heavy atom. The minimum atomic E-state index is -0.869. The van der Waals surface area contributed by atoms with Crippen molar-refractivity contribution in [2.75, 3.05) is 18.8 Å². The Morgan fingerprint density at radius 3 is 2.77 bits per heavy atom. The number of benzene rings is 1. The molecule has 2 saturated heterocycles. The van der Waals surface area contributed by atoms with E-state index in [4.69, 9.17) is 0 Å². The quantitative estimate of drug-likeness (QED) is 0.852. The first-order valence-corrected chi connectivity index (χ1v) is 8.23. The van der Waals surface area contributed by atoms with Gasteiger partial charge in [0, 0.05) is 23.5 Å². The molecule has 1 N–H and O–H groups in total. The van der Waals surface area contributed by atoms with E-state index in [0.29, 0.717) is 10.9 Å². The van der Waals surface area contributed by atoms with Crippen LogP contribution in [0.25, 0.3) is 0 Å². The van der Waals surface area contributed by atoms with Crippen LogP contribution in [0.3, 0.4) is 0 Å². The van der Waals surface area contributed by atoms with E-state index < -0.39 is 11.6 Å². The number of nitrogens with zero attached hydrogens (tertiary/aromatic N) is 1. The molecule has 1 aromatic carbocycles. The minimum Gasteiger partial charge on any atom is -0.335 e. The molecule has 7 heteroatoms. The predicted molar refractivity (Wildman–Crippen MR) is 85.5 cm³/mol. The van der Waals surface area contributed by atoms with Crippen molar-refractivity contribution >= 4 is 30.1 Å². The summed E-state index contributed by atoms with van der Waals surface area (Å²) in [6.07, 6.45) is 3.13. The van der Waals surface area contributed by atoms with Crippen molar-refractivity contribution in [2.45, 2.75) is 36.2 Å². The van der Waals surface area contributed by atoms with Crippen molar-refractivity contribution in [1.82, 2.24) is 10.2 Å². The van der Waals surface area contributed by atoms with Crippen molar-refractivity contribution < 1.29 is 13.6 Å². The molecule has 0 radical (unpaired) electrons. The number of rotatable bonds is 3. The first kappa shape index (κ1) is 17.5. The first-order chi connectivity index (χ1) is 10.1. The van der Waals surface area contributed by atoms with Crippen LogP contribution in [0.1, 0.15) is 19.3 Å². The van der Waals surface area contributed by atoms with E-state index in [0.717, 1.165) is 44.5 Å². The van der Waals surface area contributed by atoms with Gasteiger partial charge in [-0.05, 0) is 44.0 Å². The zero-order valence-electron chi connectivity index (χ0n) is 12.1. The predicted octanol–water partition coefficient (Wildman–Crippen LogP) is 2.83. The summed E-state index contributed by atoms with van der Waals surface area (Å²) < 4.78 is 26.0. The lowest BCUT2D eigenvalue weighted by atomic mass is 10.1. The second-order valence-corrected chi connectivity index (χ2v) is 6.59. The fourth-order valence-electron chi connectivity index (χ4n) is 3.18. The Bertz CT molecular complexity index is 532. The van der Waals surface area contributed by atoms with Crippen LogP contribution in [-0.4, -0.2) is 41.7 Å². The van der Waals surface area contributed by atoms with E-state index in [1.165, 1.54) is 17.8 Å². The lowest BCUT2D eigenvalue weighted by molar-refractivity contribution is -0.130. The van der Waals surface area contributed by atoms with Gasteiger partial charge in [0.1, 0.15) is 0 Å². The normalized spacial score (nSPS) is 23.8. The summed E-state index contributed by atoms with van der Waals surface area (Å²) in [6, 6.07) is 4.38. The van der Waals surface area contributed by atoms with Gasteiger partial charge < -0.3 is 10.2 Å². The monoisotopic (exact) mass is 348 g/mol. The summed E-state index contributed by atoms with van der Waals surface area (Å²) in [6.45, 7) is 1.82. The van der Waals surface area contributed by atoms with Crippen LogP contribution in [0.15, 0.2) is 23.1 Å². The molecule has 0 aliphatic carbocycles. The first-order valence-electron chi connectivity index (χ1n) is 7.25. The number of carbonyl (C=O) groups excluding carboxylic acids is 1. The highest BCUT2D eigenvalue weighted by molar-refractivity contribution is 8.00. The van der Waals surface area contributed by atoms with Crippen molar-refractivity contribution in [1.29, 1.82) is 0 Å². The largest absolute Gasteiger partial charge is 0.335 e. The molecule has 2 aliphatic rings. The molecule has 0 saturated carbocycles. The van der Waals surface area contributed by atoms with Crippen LogP contribution >= 0.6 is 24.2 Å². The number of nitrogens with one attached hydrogen (secondary N) is 1. The zero-order chi connectivity index (χ0) is 14.8. The maximum absolute atomic E-state index is 13.2. The summed E-state index contributed by atoms with van der Waals surface area (Å²) >= 11 is 1.27. The van der Waals surface area contributed by atoms with Gasteiger partial charge in [0.2, 0.25) is 5.91 Å². The standard InChI is InChI=1S/C15H18F2N2OS.ClH/c16-13-4-3-12(7-14(13)17)21-9-15(20)19-10-1-2-11(19)8-18-6-5-10;/h3-4,7,10-11,18H,1-2,5-6,8-9H2;1H. The van der Waals surface area contributed by atoms with Gasteiger partial charge in [0.25, 0.3) is 0 Å². The second kappa shape index (κ2) is 7.62. The average Bonchev–Trinajstić information content (AvgIpc) is 2.73. The molecule has 2 fully saturated rings. The molecule has 2 bridgehead atoms. The fourth-order valence-corrected chi connectivity index (χ4v) is 3.97. The van der Waals surface area contributed by atoms with Gasteiger partial charge in [-0.3, -0.25) is 4.79 Å². The van der Waals surface area contributed by atoms with Gasteiger partial charge in [0.15, 0.2) is 11.6 Å². The van der Waals surface area contributed by atoms with E-state index in [9.17, 15) is 13.6 Å². The van der Waals surface area contributed by atoms with Crippen LogP contribution in [0.2, 0.25) is 0 Å². The van der Waals surface area contributed by atoms with Crippen LogP contribution in [0.4, 0.5) is 8.78 Å². The topological polar surface area (TPSA) is 32.3 Å². The summed E-state index contributed by atoms with van der Waals surface area (Å²) in [5.74, 6) is -1.35. The molecule has 2 heterocycles. The Labute approximate surface area is 139 Å². The highest BCUT2D eigenvalue weighted by Crippen LogP contribution is 2.29. The molecule has 3 rings (SSSR count). The van der Waals surface area contributed by atoms with Gasteiger partial charge in [-0.2, -0.15) is 0 Å². The molecule has 3 nitrogen and oxygen atoms in total. The minimum absolute atomic E-state index is 0. The van der Waals surface area contributed by atoms with Gasteiger partial charge in [-0.1, -0.05) is 0 Å². The molecule has 1 amide bonds. The summed E-state index contributed by atoms with van der Waals surface area (Å²) in [5, 5.41) is 3.36. The van der Waals surface area contributed by atoms with E-state index in [2.05, 4.69) is 5.32 Å². The SMILES string of the molecule is Cl.O=C(CSc1ccc(F)c(F)c1)N1C2CCNCC1CC2. The van der Waals surface area contributed by atoms with Gasteiger partial charge in [-0.15, -0.1) is 24.2 Å². The lowest BCUT2D eigenvalue weighted by Gasteiger charge is -2.27. The summed E-state index contributed by atoms with van der Waals surface area (Å²) in [4.78, 5) is 15.0. The van der Waals surface area contributed by atoms with E-state index in [1.807, 2.05) is 4.90 Å². The Kier molecular flexibility index (Phi) is 6.06. The van der Waals surface area contributed by atoms with Crippen LogP contribution < -0.4 is 5.32 Å². The van der Waals surface area contributed by atoms with E-state index in [-0.39, 0.29) is 30.1 Å². The molecule has 22 heavy (non-hydrogen) atoms. The summed E-state index contributed by atoms with van der Waals surface area (Å²) in [5.41, 5.74) is 0. The van der Waals surface area contributed by atoms with Crippen LogP contribution in [-0.2, 0) is 4.79 Å². The second-order valence-electron chi connectivity index (χ2n) is 5.54. The van der Waals surface area contributed by atoms with Crippen molar-refractivity contribution in [2.24, 2.45) is 0 Å². The third kappa shape index (κ3) is 3.73. The Balaban J connectivity index is 0.00000176. The molecule has 0 aromatic heterocycles. The Morgan fingerprint density at radius 1 is 1.23 bits per heavy atom. The molecule has 2 unspecified atom stereocenters. The molecule has 122 valence electrons. The van der Waals surface area contributed by atoms with Crippen molar-refractivity contribution in [3.8, 4) is 0 Å². The third-order valence-electron chi connectivity index (χ3n) is 4.20.